The predicted octanol–water partition coefficient (Wildman–Crippen LogP) is 0.181. The van der Waals surface area contributed by atoms with Gasteiger partial charge in [0.1, 0.15) is 6.61 Å². The molecule has 18 heavy (non-hydrogen) atoms. The van der Waals surface area contributed by atoms with Crippen LogP contribution >= 0.6 is 10.7 Å². The van der Waals surface area contributed by atoms with Crippen LogP contribution in [0.4, 0.5) is 4.79 Å². The molecule has 0 spiro atoms. The van der Waals surface area contributed by atoms with Gasteiger partial charge in [-0.2, -0.15) is 5.10 Å². The van der Waals surface area contributed by atoms with Gasteiger partial charge in [-0.05, 0) is 0 Å². The Hall–Kier alpha value is -1.48. The summed E-state index contributed by atoms with van der Waals surface area (Å²) in [6.07, 6.45) is -0.00901. The summed E-state index contributed by atoms with van der Waals surface area (Å²) in [6, 6.07) is -0.430. The number of hydrogen-bond acceptors (Lipinski definition) is 5. The Bertz CT molecular complexity index is 584. The zero-order chi connectivity index (χ0) is 13.5. The SMILES string of the molecule is CN(C(=O)O)C1COc2c(S(=O)(=O)Cl)cnn2C1. The van der Waals surface area contributed by atoms with E-state index < -0.39 is 21.2 Å². The molecule has 1 aliphatic heterocycles. The number of fused-ring (bicyclic) bond motifs is 1. The fourth-order valence-corrected chi connectivity index (χ4v) is 2.48. The molecule has 1 aromatic heterocycles. The van der Waals surface area contributed by atoms with E-state index in [4.69, 9.17) is 20.5 Å². The molecule has 0 saturated heterocycles. The van der Waals surface area contributed by atoms with Gasteiger partial charge in [-0.15, -0.1) is 0 Å². The first-order valence-corrected chi connectivity index (χ1v) is 7.20. The largest absolute Gasteiger partial charge is 0.475 e. The molecule has 1 aromatic rings. The number of nitrogens with zero attached hydrogens (tertiary/aromatic N) is 3. The van der Waals surface area contributed by atoms with Crippen LogP contribution in [0.1, 0.15) is 0 Å². The molecule has 2 rings (SSSR count). The van der Waals surface area contributed by atoms with E-state index in [0.29, 0.717) is 0 Å². The minimum Gasteiger partial charge on any atom is -0.475 e. The van der Waals surface area contributed by atoms with E-state index in [2.05, 4.69) is 5.10 Å². The summed E-state index contributed by atoms with van der Waals surface area (Å²) in [5, 5.41) is 12.7. The molecule has 10 heteroatoms. The van der Waals surface area contributed by atoms with Crippen molar-refractivity contribution >= 4 is 25.8 Å². The third-order valence-corrected chi connectivity index (χ3v) is 3.97. The highest BCUT2D eigenvalue weighted by atomic mass is 35.7. The Balaban J connectivity index is 2.28. The molecule has 1 atom stereocenters. The third kappa shape index (κ3) is 2.23. The van der Waals surface area contributed by atoms with Crippen molar-refractivity contribution in [2.75, 3.05) is 13.7 Å². The lowest BCUT2D eigenvalue weighted by atomic mass is 10.2. The van der Waals surface area contributed by atoms with Crippen LogP contribution < -0.4 is 4.74 Å². The van der Waals surface area contributed by atoms with Gasteiger partial charge >= 0.3 is 6.09 Å². The fourth-order valence-electron chi connectivity index (χ4n) is 1.62. The second-order valence-corrected chi connectivity index (χ2v) is 6.33. The maximum atomic E-state index is 11.2. The summed E-state index contributed by atoms with van der Waals surface area (Å²) in [5.74, 6) is 0.0417. The minimum absolute atomic E-state index is 0.0417. The number of ether oxygens (including phenoxy) is 1. The first-order chi connectivity index (χ1) is 8.30. The molecule has 1 aliphatic rings. The van der Waals surface area contributed by atoms with Gasteiger partial charge < -0.3 is 14.7 Å². The Kier molecular flexibility index (Phi) is 3.11. The van der Waals surface area contributed by atoms with E-state index >= 15 is 0 Å². The topological polar surface area (TPSA) is 102 Å². The second-order valence-electron chi connectivity index (χ2n) is 3.79. The number of amides is 1. The highest BCUT2D eigenvalue weighted by Gasteiger charge is 2.31. The molecule has 0 radical (unpaired) electrons. The number of aromatic nitrogens is 2. The van der Waals surface area contributed by atoms with Crippen molar-refractivity contribution in [1.29, 1.82) is 0 Å². The Morgan fingerprint density at radius 3 is 2.94 bits per heavy atom. The maximum absolute atomic E-state index is 11.2. The van der Waals surface area contributed by atoms with Crippen LogP contribution in [0.2, 0.25) is 0 Å². The first-order valence-electron chi connectivity index (χ1n) is 4.89. The van der Waals surface area contributed by atoms with Crippen molar-refractivity contribution in [1.82, 2.24) is 14.7 Å². The summed E-state index contributed by atoms with van der Waals surface area (Å²) in [7, 11) is 2.71. The Morgan fingerprint density at radius 2 is 2.39 bits per heavy atom. The van der Waals surface area contributed by atoms with E-state index in [1.807, 2.05) is 0 Å². The zero-order valence-corrected chi connectivity index (χ0v) is 10.8. The van der Waals surface area contributed by atoms with Crippen LogP contribution in [-0.2, 0) is 15.6 Å². The minimum atomic E-state index is -3.92. The van der Waals surface area contributed by atoms with Crippen LogP contribution in [0.3, 0.4) is 0 Å². The number of carbonyl (C=O) groups is 1. The molecule has 0 aliphatic carbocycles. The lowest BCUT2D eigenvalue weighted by Crippen LogP contribution is -2.45. The first kappa shape index (κ1) is 13.0. The number of rotatable bonds is 2. The van der Waals surface area contributed by atoms with E-state index in [1.165, 1.54) is 11.7 Å². The van der Waals surface area contributed by atoms with Crippen molar-refractivity contribution in [3.8, 4) is 5.88 Å². The normalized spacial score (nSPS) is 18.9. The van der Waals surface area contributed by atoms with Gasteiger partial charge in [0, 0.05) is 17.7 Å². The van der Waals surface area contributed by atoms with Crippen molar-refractivity contribution in [3.63, 3.8) is 0 Å². The van der Waals surface area contributed by atoms with E-state index in [1.54, 1.807) is 0 Å². The van der Waals surface area contributed by atoms with Gasteiger partial charge in [-0.3, -0.25) is 0 Å². The third-order valence-electron chi connectivity index (χ3n) is 2.67. The lowest BCUT2D eigenvalue weighted by Gasteiger charge is -2.29. The maximum Gasteiger partial charge on any atom is 0.407 e. The average Bonchev–Trinajstić information content (AvgIpc) is 2.69. The Morgan fingerprint density at radius 1 is 1.72 bits per heavy atom. The summed E-state index contributed by atoms with van der Waals surface area (Å²) < 4.78 is 29.0. The number of hydrogen-bond donors (Lipinski definition) is 1. The van der Waals surface area contributed by atoms with Gasteiger partial charge in [-0.1, -0.05) is 0 Å². The molecular weight excluding hydrogens is 286 g/mol. The number of likely N-dealkylation sites (N-methyl/N-ethyl adjacent to an activating group) is 1. The van der Waals surface area contributed by atoms with Crippen molar-refractivity contribution < 1.29 is 23.1 Å². The molecule has 2 heterocycles. The van der Waals surface area contributed by atoms with Crippen LogP contribution in [0.15, 0.2) is 11.1 Å². The molecular formula is C8H10ClN3O5S. The highest BCUT2D eigenvalue weighted by Crippen LogP contribution is 2.29. The lowest BCUT2D eigenvalue weighted by molar-refractivity contribution is 0.0874. The summed E-state index contributed by atoms with van der Waals surface area (Å²) in [5.41, 5.74) is 0. The molecule has 0 bridgehead atoms. The molecule has 0 aromatic carbocycles. The molecule has 1 unspecified atom stereocenters. The van der Waals surface area contributed by atoms with Crippen LogP contribution in [0.5, 0.6) is 5.88 Å². The average molecular weight is 296 g/mol. The van der Waals surface area contributed by atoms with Crippen LogP contribution in [0.25, 0.3) is 0 Å². The Labute approximate surface area is 107 Å². The standard InChI is InChI=1S/C8H10ClN3O5S/c1-11(8(13)14)5-3-12-7(17-4-5)6(2-10-12)18(9,15)16/h2,5H,3-4H2,1H3,(H,13,14). The molecule has 1 N–H and O–H groups in total. The van der Waals surface area contributed by atoms with Gasteiger partial charge in [0.25, 0.3) is 9.05 Å². The van der Waals surface area contributed by atoms with Gasteiger partial charge in [0.2, 0.25) is 5.88 Å². The van der Waals surface area contributed by atoms with Crippen molar-refractivity contribution in [2.45, 2.75) is 17.5 Å². The molecule has 100 valence electrons. The van der Waals surface area contributed by atoms with Gasteiger partial charge in [0.05, 0.1) is 18.8 Å². The molecule has 0 saturated carbocycles. The second kappa shape index (κ2) is 4.32. The van der Waals surface area contributed by atoms with E-state index in [0.717, 1.165) is 11.1 Å². The molecule has 0 fully saturated rings. The van der Waals surface area contributed by atoms with Crippen molar-refractivity contribution in [2.24, 2.45) is 0 Å². The van der Waals surface area contributed by atoms with Gasteiger partial charge in [-0.25, -0.2) is 17.9 Å². The quantitative estimate of drug-likeness (QED) is 0.781. The summed E-state index contributed by atoms with van der Waals surface area (Å²) in [4.78, 5) is 11.7. The number of carboxylic acid groups (broad SMARTS) is 1. The monoisotopic (exact) mass is 295 g/mol. The van der Waals surface area contributed by atoms with E-state index in [-0.39, 0.29) is 23.9 Å². The summed E-state index contributed by atoms with van der Waals surface area (Å²) in [6.45, 7) is 0.262. The van der Waals surface area contributed by atoms with Gasteiger partial charge in [0.15, 0.2) is 4.90 Å². The smallest absolute Gasteiger partial charge is 0.407 e. The molecule has 1 amide bonds. The van der Waals surface area contributed by atoms with E-state index in [9.17, 15) is 13.2 Å². The van der Waals surface area contributed by atoms with Crippen LogP contribution in [0, 0.1) is 0 Å². The van der Waals surface area contributed by atoms with Crippen LogP contribution in [-0.4, -0.2) is 54.0 Å². The predicted molar refractivity (Wildman–Crippen MR) is 60.3 cm³/mol. The summed E-state index contributed by atoms with van der Waals surface area (Å²) >= 11 is 0. The fraction of sp³-hybridized carbons (Fsp3) is 0.500. The zero-order valence-electron chi connectivity index (χ0n) is 9.28. The molecule has 8 nitrogen and oxygen atoms in total. The highest BCUT2D eigenvalue weighted by molar-refractivity contribution is 8.13. The van der Waals surface area contributed by atoms with Crippen molar-refractivity contribution in [3.05, 3.63) is 6.20 Å². The number of halogens is 1.